The van der Waals surface area contributed by atoms with Gasteiger partial charge in [-0.1, -0.05) is 30.7 Å². The molecule has 20 heavy (non-hydrogen) atoms. The van der Waals surface area contributed by atoms with Crippen molar-refractivity contribution >= 4 is 11.6 Å². The summed E-state index contributed by atoms with van der Waals surface area (Å²) in [6.07, 6.45) is -5.98. The largest absolute Gasteiger partial charge is 0.414 e. The lowest BCUT2D eigenvalue weighted by Crippen LogP contribution is -2.33. The maximum atomic E-state index is 12.6. The quantitative estimate of drug-likeness (QED) is 0.756. The van der Waals surface area contributed by atoms with Crippen molar-refractivity contribution in [3.05, 3.63) is 34.9 Å². The highest BCUT2D eigenvalue weighted by atomic mass is 35.5. The average molecular weight is 310 g/mol. The number of nitrogens with one attached hydrogen (secondary N) is 1. The van der Waals surface area contributed by atoms with Gasteiger partial charge in [-0.05, 0) is 37.6 Å². The van der Waals surface area contributed by atoms with E-state index in [1.807, 2.05) is 6.92 Å². The predicted molar refractivity (Wildman–Crippen MR) is 74.0 cm³/mol. The number of alkyl halides is 3. The van der Waals surface area contributed by atoms with Crippen molar-refractivity contribution in [1.82, 2.24) is 5.32 Å². The van der Waals surface area contributed by atoms with Crippen molar-refractivity contribution in [3.8, 4) is 0 Å². The van der Waals surface area contributed by atoms with Gasteiger partial charge < -0.3 is 10.1 Å². The zero-order chi connectivity index (χ0) is 15.2. The fraction of sp³-hybridized carbons (Fsp3) is 0.571. The Morgan fingerprint density at radius 3 is 2.60 bits per heavy atom. The Bertz CT molecular complexity index is 412. The van der Waals surface area contributed by atoms with Gasteiger partial charge in [0.25, 0.3) is 0 Å². The maximum Gasteiger partial charge on any atom is 0.414 e. The summed E-state index contributed by atoms with van der Waals surface area (Å²) >= 11 is 5.88. The summed E-state index contributed by atoms with van der Waals surface area (Å²) in [5.41, 5.74) is 0.636. The van der Waals surface area contributed by atoms with Gasteiger partial charge in [-0.15, -0.1) is 0 Å². The van der Waals surface area contributed by atoms with Crippen molar-refractivity contribution in [2.24, 2.45) is 0 Å². The van der Waals surface area contributed by atoms with E-state index in [4.69, 9.17) is 16.3 Å². The number of ether oxygens (including phenoxy) is 1. The smallest absolute Gasteiger partial charge is 0.360 e. The molecule has 0 fully saturated rings. The van der Waals surface area contributed by atoms with Crippen molar-refractivity contribution in [2.45, 2.75) is 38.7 Å². The van der Waals surface area contributed by atoms with E-state index >= 15 is 0 Å². The van der Waals surface area contributed by atoms with E-state index in [9.17, 15) is 13.2 Å². The van der Waals surface area contributed by atoms with Crippen LogP contribution in [-0.4, -0.2) is 25.4 Å². The molecule has 1 rings (SSSR count). The first kappa shape index (κ1) is 17.3. The first-order valence-electron chi connectivity index (χ1n) is 6.53. The molecule has 0 aliphatic rings. The standard InChI is InChI=1S/C14H19ClF3NO/c1-3-7-19-9-13(20-10(2)14(16,17)18)11-5-4-6-12(15)8-11/h4-6,8,10,13,19H,3,7,9H2,1-2H3. The van der Waals surface area contributed by atoms with Crippen molar-refractivity contribution in [2.75, 3.05) is 13.1 Å². The summed E-state index contributed by atoms with van der Waals surface area (Å²) in [7, 11) is 0. The van der Waals surface area contributed by atoms with Gasteiger partial charge in [-0.3, -0.25) is 0 Å². The SMILES string of the molecule is CCCNCC(OC(C)C(F)(F)F)c1cccc(Cl)c1. The van der Waals surface area contributed by atoms with Crippen LogP contribution in [0, 0.1) is 0 Å². The van der Waals surface area contributed by atoms with E-state index in [2.05, 4.69) is 5.32 Å². The van der Waals surface area contributed by atoms with Crippen molar-refractivity contribution < 1.29 is 17.9 Å². The molecule has 1 aromatic carbocycles. The van der Waals surface area contributed by atoms with E-state index in [-0.39, 0.29) is 0 Å². The zero-order valence-corrected chi connectivity index (χ0v) is 12.3. The Labute approximate surface area is 122 Å². The van der Waals surface area contributed by atoms with Crippen LogP contribution in [-0.2, 0) is 4.74 Å². The van der Waals surface area contributed by atoms with Crippen molar-refractivity contribution in [1.29, 1.82) is 0 Å². The summed E-state index contributed by atoms with van der Waals surface area (Å²) in [5, 5.41) is 3.55. The molecule has 0 amide bonds. The van der Waals surface area contributed by atoms with E-state index in [1.54, 1.807) is 24.3 Å². The lowest BCUT2D eigenvalue weighted by atomic mass is 10.1. The minimum Gasteiger partial charge on any atom is -0.360 e. The van der Waals surface area contributed by atoms with Gasteiger partial charge in [-0.25, -0.2) is 0 Å². The highest BCUT2D eigenvalue weighted by Crippen LogP contribution is 2.29. The average Bonchev–Trinajstić information content (AvgIpc) is 2.36. The van der Waals surface area contributed by atoms with Gasteiger partial charge in [0, 0.05) is 11.6 Å². The van der Waals surface area contributed by atoms with Crippen LogP contribution in [0.3, 0.4) is 0 Å². The molecule has 0 saturated carbocycles. The minimum absolute atomic E-state index is 0.314. The van der Waals surface area contributed by atoms with Gasteiger partial charge in [0.2, 0.25) is 0 Å². The summed E-state index contributed by atoms with van der Waals surface area (Å²) in [4.78, 5) is 0. The normalized spacial score (nSPS) is 15.1. The fourth-order valence-electron chi connectivity index (χ4n) is 1.68. The minimum atomic E-state index is -4.37. The second kappa shape index (κ2) is 7.86. The number of benzene rings is 1. The van der Waals surface area contributed by atoms with E-state index in [1.165, 1.54) is 0 Å². The Balaban J connectivity index is 2.79. The second-order valence-electron chi connectivity index (χ2n) is 4.57. The topological polar surface area (TPSA) is 21.3 Å². The molecule has 0 bridgehead atoms. The van der Waals surface area contributed by atoms with E-state index in [0.717, 1.165) is 19.9 Å². The predicted octanol–water partition coefficient (Wildman–Crippen LogP) is 4.35. The molecule has 2 nitrogen and oxygen atoms in total. The Kier molecular flexibility index (Phi) is 6.79. The van der Waals surface area contributed by atoms with Crippen LogP contribution in [0.1, 0.15) is 31.9 Å². The van der Waals surface area contributed by atoms with Crippen LogP contribution in [0.2, 0.25) is 5.02 Å². The lowest BCUT2D eigenvalue weighted by Gasteiger charge is -2.25. The van der Waals surface area contributed by atoms with Crippen molar-refractivity contribution in [3.63, 3.8) is 0 Å². The molecule has 2 unspecified atom stereocenters. The summed E-state index contributed by atoms with van der Waals surface area (Å²) in [6, 6.07) is 6.72. The first-order valence-corrected chi connectivity index (χ1v) is 6.90. The molecule has 0 saturated heterocycles. The third-order valence-corrected chi connectivity index (χ3v) is 3.04. The van der Waals surface area contributed by atoms with E-state index < -0.39 is 18.4 Å². The molecule has 0 heterocycles. The second-order valence-corrected chi connectivity index (χ2v) is 5.00. The lowest BCUT2D eigenvalue weighted by molar-refractivity contribution is -0.227. The molecule has 1 N–H and O–H groups in total. The number of halogens is 4. The van der Waals surface area contributed by atoms with Crippen LogP contribution in [0.4, 0.5) is 13.2 Å². The van der Waals surface area contributed by atoms with Crippen LogP contribution < -0.4 is 5.32 Å². The molecule has 0 radical (unpaired) electrons. The van der Waals surface area contributed by atoms with Gasteiger partial charge in [0.15, 0.2) is 6.10 Å². The van der Waals surface area contributed by atoms with Crippen LogP contribution >= 0.6 is 11.6 Å². The molecule has 114 valence electrons. The molecule has 0 aliphatic heterocycles. The van der Waals surface area contributed by atoms with Gasteiger partial charge in [-0.2, -0.15) is 13.2 Å². The summed E-state index contributed by atoms with van der Waals surface area (Å²) in [5.74, 6) is 0. The van der Waals surface area contributed by atoms with Crippen LogP contribution in [0.25, 0.3) is 0 Å². The third-order valence-electron chi connectivity index (χ3n) is 2.81. The van der Waals surface area contributed by atoms with Gasteiger partial charge in [0.1, 0.15) is 0 Å². The summed E-state index contributed by atoms with van der Waals surface area (Å²) in [6.45, 7) is 4.04. The third kappa shape index (κ3) is 5.69. The van der Waals surface area contributed by atoms with Gasteiger partial charge in [0.05, 0.1) is 6.10 Å². The number of hydrogen-bond donors (Lipinski definition) is 1. The Morgan fingerprint density at radius 2 is 2.05 bits per heavy atom. The molecule has 2 atom stereocenters. The molecule has 0 aliphatic carbocycles. The zero-order valence-electron chi connectivity index (χ0n) is 11.5. The molecule has 0 spiro atoms. The number of rotatable bonds is 7. The van der Waals surface area contributed by atoms with Gasteiger partial charge >= 0.3 is 6.18 Å². The molecule has 6 heteroatoms. The highest BCUT2D eigenvalue weighted by Gasteiger charge is 2.38. The van der Waals surface area contributed by atoms with E-state index in [0.29, 0.717) is 17.1 Å². The molecular weight excluding hydrogens is 291 g/mol. The van der Waals surface area contributed by atoms with Crippen LogP contribution in [0.5, 0.6) is 0 Å². The fourth-order valence-corrected chi connectivity index (χ4v) is 1.88. The Hall–Kier alpha value is -0.780. The first-order chi connectivity index (χ1) is 9.34. The van der Waals surface area contributed by atoms with Crippen LogP contribution in [0.15, 0.2) is 24.3 Å². The highest BCUT2D eigenvalue weighted by molar-refractivity contribution is 6.30. The molecule has 0 aromatic heterocycles. The molecular formula is C14H19ClF3NO. The monoisotopic (exact) mass is 309 g/mol. The number of hydrogen-bond acceptors (Lipinski definition) is 2. The molecule has 1 aromatic rings. The Morgan fingerprint density at radius 1 is 1.35 bits per heavy atom. The maximum absolute atomic E-state index is 12.6. The summed E-state index contributed by atoms with van der Waals surface area (Å²) < 4.78 is 43.0.